The van der Waals surface area contributed by atoms with Gasteiger partial charge in [-0.05, 0) is 31.4 Å². The molecule has 0 saturated heterocycles. The van der Waals surface area contributed by atoms with E-state index in [1.54, 1.807) is 0 Å². The van der Waals surface area contributed by atoms with Crippen LogP contribution in [0.5, 0.6) is 0 Å². The number of rotatable bonds is 2. The normalized spacial score (nSPS) is 19.2. The Morgan fingerprint density at radius 2 is 2.06 bits per heavy atom. The number of aryl methyl sites for hydroxylation is 1. The number of H-pyrrole nitrogens is 1. The van der Waals surface area contributed by atoms with Crippen LogP contribution in [0.1, 0.15) is 43.4 Å². The van der Waals surface area contributed by atoms with Gasteiger partial charge in [-0.1, -0.05) is 31.4 Å². The second-order valence-corrected chi connectivity index (χ2v) is 5.59. The third-order valence-electron chi connectivity index (χ3n) is 4.53. The molecular formula is C15H21N3. The van der Waals surface area contributed by atoms with Gasteiger partial charge in [0, 0.05) is 23.0 Å². The van der Waals surface area contributed by atoms with Crippen molar-refractivity contribution in [3.05, 3.63) is 29.5 Å². The van der Waals surface area contributed by atoms with E-state index in [2.05, 4.69) is 35.3 Å². The summed E-state index contributed by atoms with van der Waals surface area (Å²) in [4.78, 5) is 0. The van der Waals surface area contributed by atoms with Crippen molar-refractivity contribution in [3.63, 3.8) is 0 Å². The van der Waals surface area contributed by atoms with Gasteiger partial charge in [-0.15, -0.1) is 0 Å². The molecular weight excluding hydrogens is 222 g/mol. The molecule has 3 heteroatoms. The van der Waals surface area contributed by atoms with Gasteiger partial charge in [0.2, 0.25) is 0 Å². The van der Waals surface area contributed by atoms with Crippen molar-refractivity contribution in [2.24, 2.45) is 5.73 Å². The van der Waals surface area contributed by atoms with Crippen LogP contribution in [0.25, 0.3) is 10.9 Å². The van der Waals surface area contributed by atoms with Crippen molar-refractivity contribution < 1.29 is 0 Å². The van der Waals surface area contributed by atoms with E-state index in [9.17, 15) is 0 Å². The lowest BCUT2D eigenvalue weighted by Gasteiger charge is -2.37. The summed E-state index contributed by atoms with van der Waals surface area (Å²) in [7, 11) is 0. The number of nitrogens with zero attached hydrogens (tertiary/aromatic N) is 1. The number of aromatic nitrogens is 2. The molecule has 1 aromatic carbocycles. The van der Waals surface area contributed by atoms with E-state index in [0.717, 1.165) is 12.1 Å². The third kappa shape index (κ3) is 1.65. The molecule has 1 aliphatic rings. The molecule has 1 heterocycles. The van der Waals surface area contributed by atoms with Crippen molar-refractivity contribution >= 4 is 10.9 Å². The molecule has 0 aliphatic heterocycles. The van der Waals surface area contributed by atoms with Crippen LogP contribution in [-0.4, -0.2) is 16.7 Å². The molecule has 0 unspecified atom stereocenters. The van der Waals surface area contributed by atoms with E-state index in [1.807, 2.05) is 0 Å². The second-order valence-electron chi connectivity index (χ2n) is 5.59. The number of aromatic amines is 1. The molecule has 3 N–H and O–H groups in total. The Morgan fingerprint density at radius 1 is 1.28 bits per heavy atom. The number of hydrogen-bond donors (Lipinski definition) is 2. The largest absolute Gasteiger partial charge is 0.330 e. The lowest BCUT2D eigenvalue weighted by atomic mass is 9.68. The SMILES string of the molecule is Cc1[nH]nc2cccc(C3(CN)CCCCC3)c12. The number of benzene rings is 1. The standard InChI is InChI=1S/C15H21N3/c1-11-14-12(6-5-7-13(14)18-17-11)15(10-16)8-3-2-4-9-15/h5-7H,2-4,8-10,16H2,1H3,(H,17,18). The highest BCUT2D eigenvalue weighted by Gasteiger charge is 2.34. The topological polar surface area (TPSA) is 54.7 Å². The smallest absolute Gasteiger partial charge is 0.0926 e. The van der Waals surface area contributed by atoms with Gasteiger partial charge in [0.1, 0.15) is 0 Å². The average molecular weight is 243 g/mol. The van der Waals surface area contributed by atoms with Crippen LogP contribution >= 0.6 is 0 Å². The van der Waals surface area contributed by atoms with Gasteiger partial charge >= 0.3 is 0 Å². The van der Waals surface area contributed by atoms with Crippen LogP contribution in [0.4, 0.5) is 0 Å². The molecule has 0 radical (unpaired) electrons. The third-order valence-corrected chi connectivity index (χ3v) is 4.53. The molecule has 18 heavy (non-hydrogen) atoms. The van der Waals surface area contributed by atoms with Crippen LogP contribution in [0, 0.1) is 6.92 Å². The predicted octanol–water partition coefficient (Wildman–Crippen LogP) is 3.03. The van der Waals surface area contributed by atoms with E-state index in [-0.39, 0.29) is 5.41 Å². The first kappa shape index (κ1) is 11.7. The summed E-state index contributed by atoms with van der Waals surface area (Å²) in [6, 6.07) is 6.45. The molecule has 1 saturated carbocycles. The summed E-state index contributed by atoms with van der Waals surface area (Å²) >= 11 is 0. The fraction of sp³-hybridized carbons (Fsp3) is 0.533. The van der Waals surface area contributed by atoms with Crippen molar-refractivity contribution in [1.29, 1.82) is 0 Å². The quantitative estimate of drug-likeness (QED) is 0.851. The zero-order valence-electron chi connectivity index (χ0n) is 11.0. The van der Waals surface area contributed by atoms with Gasteiger partial charge in [0.25, 0.3) is 0 Å². The lowest BCUT2D eigenvalue weighted by Crippen LogP contribution is -2.37. The van der Waals surface area contributed by atoms with Crippen LogP contribution < -0.4 is 5.73 Å². The Balaban J connectivity index is 2.20. The summed E-state index contributed by atoms with van der Waals surface area (Å²) in [5.74, 6) is 0. The van der Waals surface area contributed by atoms with Crippen LogP contribution in [0.2, 0.25) is 0 Å². The summed E-state index contributed by atoms with van der Waals surface area (Å²) < 4.78 is 0. The van der Waals surface area contributed by atoms with Crippen LogP contribution in [0.15, 0.2) is 18.2 Å². The average Bonchev–Trinajstić information content (AvgIpc) is 2.81. The fourth-order valence-corrected chi connectivity index (χ4v) is 3.48. The molecule has 0 amide bonds. The highest BCUT2D eigenvalue weighted by atomic mass is 15.1. The monoisotopic (exact) mass is 243 g/mol. The van der Waals surface area contributed by atoms with Gasteiger partial charge in [-0.3, -0.25) is 5.10 Å². The van der Waals surface area contributed by atoms with E-state index in [1.165, 1.54) is 48.7 Å². The molecule has 1 fully saturated rings. The fourth-order valence-electron chi connectivity index (χ4n) is 3.48. The minimum absolute atomic E-state index is 0.173. The van der Waals surface area contributed by atoms with E-state index in [4.69, 9.17) is 5.73 Å². The summed E-state index contributed by atoms with van der Waals surface area (Å²) in [6.07, 6.45) is 6.37. The van der Waals surface area contributed by atoms with Gasteiger partial charge in [0.15, 0.2) is 0 Å². The second kappa shape index (κ2) is 4.39. The molecule has 0 bridgehead atoms. The minimum atomic E-state index is 0.173. The molecule has 1 aromatic heterocycles. The van der Waals surface area contributed by atoms with E-state index in [0.29, 0.717) is 0 Å². The molecule has 1 aliphatic carbocycles. The van der Waals surface area contributed by atoms with Gasteiger partial charge in [0.05, 0.1) is 5.52 Å². The molecule has 2 aromatic rings. The minimum Gasteiger partial charge on any atom is -0.330 e. The maximum Gasteiger partial charge on any atom is 0.0926 e. The Labute approximate surface area is 108 Å². The number of nitrogens with two attached hydrogens (primary N) is 1. The number of nitrogens with one attached hydrogen (secondary N) is 1. The molecule has 0 spiro atoms. The highest BCUT2D eigenvalue weighted by molar-refractivity contribution is 5.85. The molecule has 3 nitrogen and oxygen atoms in total. The Hall–Kier alpha value is -1.35. The van der Waals surface area contributed by atoms with Crippen molar-refractivity contribution in [2.75, 3.05) is 6.54 Å². The summed E-state index contributed by atoms with van der Waals surface area (Å²) in [5.41, 5.74) is 9.97. The highest BCUT2D eigenvalue weighted by Crippen LogP contribution is 2.41. The molecule has 96 valence electrons. The van der Waals surface area contributed by atoms with Gasteiger partial charge < -0.3 is 5.73 Å². The Morgan fingerprint density at radius 3 is 2.78 bits per heavy atom. The first-order chi connectivity index (χ1) is 8.77. The van der Waals surface area contributed by atoms with Crippen LogP contribution in [0.3, 0.4) is 0 Å². The summed E-state index contributed by atoms with van der Waals surface area (Å²) in [5, 5.41) is 8.78. The molecule has 3 rings (SSSR count). The van der Waals surface area contributed by atoms with Crippen molar-refractivity contribution in [2.45, 2.75) is 44.4 Å². The van der Waals surface area contributed by atoms with Gasteiger partial charge in [-0.25, -0.2) is 0 Å². The Kier molecular flexibility index (Phi) is 2.86. The maximum atomic E-state index is 6.15. The zero-order valence-corrected chi connectivity index (χ0v) is 11.0. The number of fused-ring (bicyclic) bond motifs is 1. The van der Waals surface area contributed by atoms with Crippen molar-refractivity contribution in [3.8, 4) is 0 Å². The van der Waals surface area contributed by atoms with E-state index >= 15 is 0 Å². The Bertz CT molecular complexity index is 550. The van der Waals surface area contributed by atoms with Crippen molar-refractivity contribution in [1.82, 2.24) is 10.2 Å². The first-order valence-electron chi connectivity index (χ1n) is 6.91. The lowest BCUT2D eigenvalue weighted by molar-refractivity contribution is 0.303. The number of hydrogen-bond acceptors (Lipinski definition) is 2. The first-order valence-corrected chi connectivity index (χ1v) is 6.91. The molecule has 0 atom stereocenters. The van der Waals surface area contributed by atoms with Crippen LogP contribution in [-0.2, 0) is 5.41 Å². The summed E-state index contributed by atoms with van der Waals surface area (Å²) in [6.45, 7) is 2.85. The van der Waals surface area contributed by atoms with E-state index < -0.39 is 0 Å². The predicted molar refractivity (Wildman–Crippen MR) is 74.6 cm³/mol. The van der Waals surface area contributed by atoms with Gasteiger partial charge in [-0.2, -0.15) is 5.10 Å². The maximum absolute atomic E-state index is 6.15. The zero-order chi connectivity index (χ0) is 12.6.